The van der Waals surface area contributed by atoms with Crippen LogP contribution >= 0.6 is 23.1 Å². The van der Waals surface area contributed by atoms with Gasteiger partial charge < -0.3 is 25.1 Å². The number of thiophene rings is 1. The van der Waals surface area contributed by atoms with Crippen LogP contribution in [0.2, 0.25) is 0 Å². The van der Waals surface area contributed by atoms with Gasteiger partial charge in [0.1, 0.15) is 16.6 Å². The number of nitrogens with two attached hydrogens (primary N) is 1. The molecule has 3 N–H and O–H groups in total. The minimum absolute atomic E-state index is 0.0258. The van der Waals surface area contributed by atoms with Crippen LogP contribution in [-0.2, 0) is 23.0 Å². The molecule has 12 heteroatoms. The van der Waals surface area contributed by atoms with Gasteiger partial charge in [0.05, 0.1) is 30.4 Å². The molecule has 0 saturated carbocycles. The summed E-state index contributed by atoms with van der Waals surface area (Å²) in [7, 11) is 4.67. The van der Waals surface area contributed by atoms with Gasteiger partial charge in [-0.05, 0) is 30.2 Å². The number of aromatic nitrogens is 3. The van der Waals surface area contributed by atoms with E-state index < -0.39 is 11.9 Å². The minimum atomic E-state index is -0.680. The Bertz CT molecular complexity index is 1190. The molecular weight excluding hydrogens is 466 g/mol. The summed E-state index contributed by atoms with van der Waals surface area (Å²) in [5.74, 6) is -0.161. The van der Waals surface area contributed by atoms with Gasteiger partial charge in [-0.2, -0.15) is 0 Å². The van der Waals surface area contributed by atoms with Gasteiger partial charge in [0, 0.05) is 13.5 Å². The van der Waals surface area contributed by atoms with E-state index in [0.29, 0.717) is 17.1 Å². The first-order chi connectivity index (χ1) is 15.7. The molecule has 0 saturated heterocycles. The van der Waals surface area contributed by atoms with Gasteiger partial charge in [0.25, 0.3) is 5.91 Å². The maximum Gasteiger partial charge on any atom is 0.341 e. The van der Waals surface area contributed by atoms with Crippen molar-refractivity contribution in [2.75, 3.05) is 25.3 Å². The first-order valence-electron chi connectivity index (χ1n) is 9.70. The highest BCUT2D eigenvalue weighted by molar-refractivity contribution is 7.99. The molecule has 3 aromatic rings. The van der Waals surface area contributed by atoms with E-state index in [2.05, 4.69) is 15.5 Å². The molecule has 3 rings (SSSR count). The molecule has 0 aliphatic rings. The summed E-state index contributed by atoms with van der Waals surface area (Å²) < 4.78 is 11.8. The largest absolute Gasteiger partial charge is 0.497 e. The van der Waals surface area contributed by atoms with Gasteiger partial charge in [-0.1, -0.05) is 23.9 Å². The number of benzene rings is 1. The van der Waals surface area contributed by atoms with Gasteiger partial charge in [-0.15, -0.1) is 21.5 Å². The molecule has 174 valence electrons. The zero-order valence-corrected chi connectivity index (χ0v) is 20.1. The van der Waals surface area contributed by atoms with E-state index in [1.165, 1.54) is 18.9 Å². The standard InChI is InChI=1S/C21H23N5O5S2/c1-11-16(20(29)31-4)19(33-17(11)18(22)28)23-15(27)10-32-21-25-24-14(26(21)2)9-12-5-7-13(30-3)8-6-12/h5-8H,9-10H2,1-4H3,(H2,22,28)(H,23,27). The number of hydrogen-bond acceptors (Lipinski definition) is 9. The Morgan fingerprint density at radius 2 is 1.88 bits per heavy atom. The highest BCUT2D eigenvalue weighted by Gasteiger charge is 2.25. The molecular formula is C21H23N5O5S2. The lowest BCUT2D eigenvalue weighted by molar-refractivity contribution is -0.113. The molecule has 10 nitrogen and oxygen atoms in total. The third-order valence-electron chi connectivity index (χ3n) is 4.79. The van der Waals surface area contributed by atoms with E-state index >= 15 is 0 Å². The number of anilines is 1. The first kappa shape index (κ1) is 24.3. The molecule has 1 aromatic carbocycles. The number of rotatable bonds is 9. The van der Waals surface area contributed by atoms with Crippen LogP contribution < -0.4 is 15.8 Å². The second kappa shape index (κ2) is 10.5. The van der Waals surface area contributed by atoms with Crippen LogP contribution in [0.15, 0.2) is 29.4 Å². The third kappa shape index (κ3) is 5.52. The lowest BCUT2D eigenvalue weighted by Gasteiger charge is -2.07. The normalized spacial score (nSPS) is 10.7. The fourth-order valence-corrected chi connectivity index (χ4v) is 4.82. The zero-order chi connectivity index (χ0) is 24.1. The molecule has 0 fully saturated rings. The summed E-state index contributed by atoms with van der Waals surface area (Å²) >= 11 is 2.14. The number of carbonyl (C=O) groups excluding carboxylic acids is 3. The Hall–Kier alpha value is -3.38. The maximum atomic E-state index is 12.5. The smallest absolute Gasteiger partial charge is 0.341 e. The van der Waals surface area contributed by atoms with Crippen LogP contribution in [0, 0.1) is 6.92 Å². The number of methoxy groups -OCH3 is 2. The lowest BCUT2D eigenvalue weighted by atomic mass is 10.1. The molecule has 0 bridgehead atoms. The quantitative estimate of drug-likeness (QED) is 0.345. The molecule has 0 aliphatic heterocycles. The zero-order valence-electron chi connectivity index (χ0n) is 18.5. The summed E-state index contributed by atoms with van der Waals surface area (Å²) in [6.45, 7) is 1.58. The van der Waals surface area contributed by atoms with Gasteiger partial charge in [0.2, 0.25) is 5.91 Å². The van der Waals surface area contributed by atoms with Gasteiger partial charge in [-0.3, -0.25) is 9.59 Å². The SMILES string of the molecule is COC(=O)c1c(NC(=O)CSc2nnc(Cc3ccc(OC)cc3)n2C)sc(C(N)=O)c1C. The second-order valence-corrected chi connectivity index (χ2v) is 8.90. The molecule has 0 radical (unpaired) electrons. The number of primary amides is 1. The number of carbonyl (C=O) groups is 3. The summed E-state index contributed by atoms with van der Waals surface area (Å²) in [6, 6.07) is 7.67. The number of nitrogens with one attached hydrogen (secondary N) is 1. The third-order valence-corrected chi connectivity index (χ3v) is 7.03. The Kier molecular flexibility index (Phi) is 7.71. The Morgan fingerprint density at radius 3 is 2.48 bits per heavy atom. The molecule has 0 spiro atoms. The van der Waals surface area contributed by atoms with Crippen molar-refractivity contribution in [1.82, 2.24) is 14.8 Å². The van der Waals surface area contributed by atoms with Crippen molar-refractivity contribution in [3.8, 4) is 5.75 Å². The highest BCUT2D eigenvalue weighted by Crippen LogP contribution is 2.33. The molecule has 0 atom stereocenters. The molecule has 2 heterocycles. The van der Waals surface area contributed by atoms with E-state index in [-0.39, 0.29) is 27.1 Å². The highest BCUT2D eigenvalue weighted by atomic mass is 32.2. The van der Waals surface area contributed by atoms with Crippen molar-refractivity contribution in [2.24, 2.45) is 12.8 Å². The van der Waals surface area contributed by atoms with E-state index in [9.17, 15) is 14.4 Å². The fraction of sp³-hybridized carbons (Fsp3) is 0.286. The van der Waals surface area contributed by atoms with Gasteiger partial charge in [0.15, 0.2) is 5.16 Å². The molecule has 2 aromatic heterocycles. The lowest BCUT2D eigenvalue weighted by Crippen LogP contribution is -2.16. The van der Waals surface area contributed by atoms with Crippen molar-refractivity contribution in [2.45, 2.75) is 18.5 Å². The number of ether oxygens (including phenoxy) is 2. The van der Waals surface area contributed by atoms with Crippen molar-refractivity contribution >= 4 is 45.9 Å². The van der Waals surface area contributed by atoms with Gasteiger partial charge >= 0.3 is 5.97 Å². The fourth-order valence-electron chi connectivity index (χ4n) is 3.03. The number of nitrogens with zero attached hydrogens (tertiary/aromatic N) is 3. The summed E-state index contributed by atoms with van der Waals surface area (Å²) in [5, 5.41) is 11.8. The van der Waals surface area contributed by atoms with Gasteiger partial charge in [-0.25, -0.2) is 4.79 Å². The summed E-state index contributed by atoms with van der Waals surface area (Å²) in [4.78, 5) is 36.5. The number of esters is 1. The molecule has 33 heavy (non-hydrogen) atoms. The minimum Gasteiger partial charge on any atom is -0.497 e. The number of hydrogen-bond donors (Lipinski definition) is 2. The Morgan fingerprint density at radius 1 is 1.18 bits per heavy atom. The van der Waals surface area contributed by atoms with Crippen LogP contribution in [0.25, 0.3) is 0 Å². The predicted molar refractivity (Wildman–Crippen MR) is 125 cm³/mol. The first-order valence-corrected chi connectivity index (χ1v) is 11.5. The average Bonchev–Trinajstić information content (AvgIpc) is 3.31. The molecule has 0 unspecified atom stereocenters. The summed E-state index contributed by atoms with van der Waals surface area (Å²) in [6.07, 6.45) is 0.576. The topological polar surface area (TPSA) is 138 Å². The van der Waals surface area contributed by atoms with E-state index in [1.807, 2.05) is 35.9 Å². The predicted octanol–water partition coefficient (Wildman–Crippen LogP) is 2.40. The maximum absolute atomic E-state index is 12.5. The Labute approximate surface area is 198 Å². The molecule has 0 aliphatic carbocycles. The van der Waals surface area contributed by atoms with Crippen LogP contribution in [0.5, 0.6) is 5.75 Å². The Balaban J connectivity index is 1.66. The average molecular weight is 490 g/mol. The van der Waals surface area contributed by atoms with Crippen LogP contribution in [-0.4, -0.2) is 52.5 Å². The van der Waals surface area contributed by atoms with Crippen LogP contribution in [0.1, 0.15) is 37.0 Å². The summed E-state index contributed by atoms with van der Waals surface area (Å²) in [5.41, 5.74) is 6.92. The van der Waals surface area contributed by atoms with E-state index in [4.69, 9.17) is 15.2 Å². The van der Waals surface area contributed by atoms with Crippen molar-refractivity contribution in [1.29, 1.82) is 0 Å². The number of thioether (sulfide) groups is 1. The van der Waals surface area contributed by atoms with Crippen molar-refractivity contribution < 1.29 is 23.9 Å². The van der Waals surface area contributed by atoms with Crippen molar-refractivity contribution in [3.05, 3.63) is 51.7 Å². The van der Waals surface area contributed by atoms with Crippen molar-refractivity contribution in [3.63, 3.8) is 0 Å². The van der Waals surface area contributed by atoms with Crippen LogP contribution in [0.4, 0.5) is 5.00 Å². The van der Waals surface area contributed by atoms with E-state index in [0.717, 1.165) is 28.5 Å². The number of amides is 2. The molecule has 2 amide bonds. The van der Waals surface area contributed by atoms with Crippen LogP contribution in [0.3, 0.4) is 0 Å². The van der Waals surface area contributed by atoms with E-state index in [1.54, 1.807) is 14.0 Å². The second-order valence-electron chi connectivity index (χ2n) is 6.94. The monoisotopic (exact) mass is 489 g/mol.